The molecule has 1 saturated carbocycles. The number of Topliss-reactive ketones (excluding diaryl/α,β-unsaturated/α-hetero) is 1. The lowest BCUT2D eigenvalue weighted by atomic mass is 9.95. The highest BCUT2D eigenvalue weighted by Crippen LogP contribution is 2.32. The predicted molar refractivity (Wildman–Crippen MR) is 90.8 cm³/mol. The van der Waals surface area contributed by atoms with Crippen LogP contribution >= 0.6 is 0 Å². The van der Waals surface area contributed by atoms with E-state index in [1.807, 2.05) is 12.1 Å². The molecule has 2 aromatic heterocycles. The molecule has 23 heavy (non-hydrogen) atoms. The second-order valence-corrected chi connectivity index (χ2v) is 6.55. The van der Waals surface area contributed by atoms with E-state index in [1.54, 1.807) is 6.26 Å². The summed E-state index contributed by atoms with van der Waals surface area (Å²) in [6, 6.07) is 6.39. The van der Waals surface area contributed by atoms with Gasteiger partial charge in [-0.15, -0.1) is 0 Å². The number of hydrogen-bond acceptors (Lipinski definition) is 3. The number of carbonyl (C=O) groups excluding carboxylic acids is 1. The molecule has 0 aliphatic heterocycles. The number of nitrogens with zero attached hydrogens (tertiary/aromatic N) is 1. The molecule has 124 valence electrons. The van der Waals surface area contributed by atoms with Crippen LogP contribution in [0.3, 0.4) is 0 Å². The molecule has 0 aromatic carbocycles. The average Bonchev–Trinajstić information content (AvgIpc) is 3.16. The van der Waals surface area contributed by atoms with Crippen LogP contribution in [-0.4, -0.2) is 16.9 Å². The molecule has 0 amide bonds. The summed E-state index contributed by atoms with van der Waals surface area (Å²) in [5, 5.41) is 3.17. The average molecular weight is 314 g/mol. The largest absolute Gasteiger partial charge is 0.468 e. The summed E-state index contributed by atoms with van der Waals surface area (Å²) >= 11 is 0. The van der Waals surface area contributed by atoms with Gasteiger partial charge in [0.1, 0.15) is 5.76 Å². The predicted octanol–water partition coefficient (Wildman–Crippen LogP) is 4.18. The Bertz CT molecular complexity index is 649. The summed E-state index contributed by atoms with van der Waals surface area (Å²) in [6.07, 6.45) is 8.07. The van der Waals surface area contributed by atoms with Gasteiger partial charge in [0, 0.05) is 23.0 Å². The van der Waals surface area contributed by atoms with E-state index >= 15 is 0 Å². The standard InChI is InChI=1S/C19H26N2O2/c1-14-11-18(15(2)21(14)16-7-4-3-5-8-16)19(22)13-20-12-17-9-6-10-23-17/h6,9-11,16,20H,3-5,7-8,12-13H2,1-2H3. The molecule has 0 unspecified atom stereocenters. The molecule has 3 rings (SSSR count). The lowest BCUT2D eigenvalue weighted by Crippen LogP contribution is -2.23. The summed E-state index contributed by atoms with van der Waals surface area (Å²) < 4.78 is 7.66. The number of nitrogens with one attached hydrogen (secondary N) is 1. The summed E-state index contributed by atoms with van der Waals surface area (Å²) in [5.41, 5.74) is 3.20. The Kier molecular flexibility index (Phi) is 5.01. The summed E-state index contributed by atoms with van der Waals surface area (Å²) in [7, 11) is 0. The van der Waals surface area contributed by atoms with Crippen molar-refractivity contribution in [1.29, 1.82) is 0 Å². The van der Waals surface area contributed by atoms with Gasteiger partial charge in [-0.05, 0) is 44.9 Å². The highest BCUT2D eigenvalue weighted by atomic mass is 16.3. The third kappa shape index (κ3) is 3.58. The van der Waals surface area contributed by atoms with Gasteiger partial charge in [0.25, 0.3) is 0 Å². The van der Waals surface area contributed by atoms with Gasteiger partial charge in [0.2, 0.25) is 0 Å². The topological polar surface area (TPSA) is 47.2 Å². The molecule has 4 nitrogen and oxygen atoms in total. The third-order valence-electron chi connectivity index (χ3n) is 4.89. The number of carbonyl (C=O) groups is 1. The SMILES string of the molecule is Cc1cc(C(=O)CNCc2ccco2)c(C)n1C1CCCCC1. The third-order valence-corrected chi connectivity index (χ3v) is 4.89. The van der Waals surface area contributed by atoms with Gasteiger partial charge in [-0.2, -0.15) is 0 Å². The highest BCUT2D eigenvalue weighted by Gasteiger charge is 2.22. The Morgan fingerprint density at radius 1 is 1.30 bits per heavy atom. The minimum atomic E-state index is 0.159. The number of aryl methyl sites for hydroxylation is 1. The number of furan rings is 1. The van der Waals surface area contributed by atoms with Crippen molar-refractivity contribution >= 4 is 5.78 Å². The van der Waals surface area contributed by atoms with Crippen molar-refractivity contribution in [3.63, 3.8) is 0 Å². The number of hydrogen-bond donors (Lipinski definition) is 1. The lowest BCUT2D eigenvalue weighted by molar-refractivity contribution is 0.0989. The second kappa shape index (κ2) is 7.18. The summed E-state index contributed by atoms with van der Waals surface area (Å²) in [6.45, 7) is 5.13. The molecule has 0 atom stereocenters. The Labute approximate surface area is 137 Å². The maximum absolute atomic E-state index is 12.5. The first-order valence-corrected chi connectivity index (χ1v) is 8.61. The lowest BCUT2D eigenvalue weighted by Gasteiger charge is -2.26. The van der Waals surface area contributed by atoms with Crippen molar-refractivity contribution in [2.45, 2.75) is 58.5 Å². The molecule has 4 heteroatoms. The van der Waals surface area contributed by atoms with Gasteiger partial charge < -0.3 is 14.3 Å². The van der Waals surface area contributed by atoms with E-state index in [2.05, 4.69) is 29.8 Å². The Balaban J connectivity index is 1.66. The minimum absolute atomic E-state index is 0.159. The smallest absolute Gasteiger partial charge is 0.178 e. The highest BCUT2D eigenvalue weighted by molar-refractivity contribution is 5.99. The van der Waals surface area contributed by atoms with E-state index < -0.39 is 0 Å². The number of ketones is 1. The summed E-state index contributed by atoms with van der Waals surface area (Å²) in [4.78, 5) is 12.5. The van der Waals surface area contributed by atoms with Crippen LogP contribution in [0.2, 0.25) is 0 Å². The van der Waals surface area contributed by atoms with Crippen LogP contribution in [0.1, 0.15) is 65.7 Å². The second-order valence-electron chi connectivity index (χ2n) is 6.55. The molecule has 0 spiro atoms. The molecule has 0 radical (unpaired) electrons. The summed E-state index contributed by atoms with van der Waals surface area (Å²) in [5.74, 6) is 1.01. The van der Waals surface area contributed by atoms with Gasteiger partial charge in [0.15, 0.2) is 5.78 Å². The van der Waals surface area contributed by atoms with Crippen LogP contribution < -0.4 is 5.32 Å². The normalized spacial score (nSPS) is 15.9. The van der Waals surface area contributed by atoms with Crippen molar-refractivity contribution in [1.82, 2.24) is 9.88 Å². The van der Waals surface area contributed by atoms with Crippen LogP contribution in [-0.2, 0) is 6.54 Å². The van der Waals surface area contributed by atoms with E-state index in [9.17, 15) is 4.79 Å². The molecule has 1 fully saturated rings. The first kappa shape index (κ1) is 16.1. The zero-order chi connectivity index (χ0) is 16.2. The first-order valence-electron chi connectivity index (χ1n) is 8.61. The van der Waals surface area contributed by atoms with Crippen LogP contribution in [0, 0.1) is 13.8 Å². The maximum atomic E-state index is 12.5. The van der Waals surface area contributed by atoms with E-state index in [-0.39, 0.29) is 5.78 Å². The van der Waals surface area contributed by atoms with Crippen molar-refractivity contribution in [2.24, 2.45) is 0 Å². The van der Waals surface area contributed by atoms with Gasteiger partial charge in [-0.25, -0.2) is 0 Å². The van der Waals surface area contributed by atoms with Gasteiger partial charge in [-0.3, -0.25) is 4.79 Å². The minimum Gasteiger partial charge on any atom is -0.468 e. The number of aromatic nitrogens is 1. The molecule has 2 aromatic rings. The monoisotopic (exact) mass is 314 g/mol. The number of rotatable bonds is 6. The van der Waals surface area contributed by atoms with Gasteiger partial charge >= 0.3 is 0 Å². The molecule has 0 bridgehead atoms. The van der Waals surface area contributed by atoms with Crippen LogP contribution in [0.15, 0.2) is 28.9 Å². The van der Waals surface area contributed by atoms with Crippen molar-refractivity contribution < 1.29 is 9.21 Å². The Morgan fingerprint density at radius 3 is 2.78 bits per heavy atom. The van der Waals surface area contributed by atoms with Crippen molar-refractivity contribution in [2.75, 3.05) is 6.54 Å². The fourth-order valence-corrected chi connectivity index (χ4v) is 3.77. The van der Waals surface area contributed by atoms with Crippen molar-refractivity contribution in [3.05, 3.63) is 47.2 Å². The maximum Gasteiger partial charge on any atom is 0.178 e. The Morgan fingerprint density at radius 2 is 2.09 bits per heavy atom. The van der Waals surface area contributed by atoms with Crippen LogP contribution in [0.5, 0.6) is 0 Å². The molecule has 1 aliphatic rings. The van der Waals surface area contributed by atoms with E-state index in [1.165, 1.54) is 37.8 Å². The molecular formula is C19H26N2O2. The van der Waals surface area contributed by atoms with Gasteiger partial charge in [-0.1, -0.05) is 19.3 Å². The van der Waals surface area contributed by atoms with E-state index in [0.717, 1.165) is 17.0 Å². The molecular weight excluding hydrogens is 288 g/mol. The quantitative estimate of drug-likeness (QED) is 0.814. The fraction of sp³-hybridized carbons (Fsp3) is 0.526. The van der Waals surface area contributed by atoms with Crippen LogP contribution in [0.25, 0.3) is 0 Å². The molecule has 2 heterocycles. The zero-order valence-corrected chi connectivity index (χ0v) is 14.1. The molecule has 0 saturated heterocycles. The van der Waals surface area contributed by atoms with Crippen LogP contribution in [0.4, 0.5) is 0 Å². The fourth-order valence-electron chi connectivity index (χ4n) is 3.77. The van der Waals surface area contributed by atoms with Crippen molar-refractivity contribution in [3.8, 4) is 0 Å². The Hall–Kier alpha value is -1.81. The zero-order valence-electron chi connectivity index (χ0n) is 14.1. The molecule has 1 aliphatic carbocycles. The van der Waals surface area contributed by atoms with E-state index in [0.29, 0.717) is 19.1 Å². The first-order chi connectivity index (χ1) is 11.2. The molecule has 1 N–H and O–H groups in total. The van der Waals surface area contributed by atoms with Gasteiger partial charge in [0.05, 0.1) is 19.4 Å². The van der Waals surface area contributed by atoms with E-state index in [4.69, 9.17) is 4.42 Å².